The van der Waals surface area contributed by atoms with E-state index in [9.17, 15) is 9.59 Å². The number of halogens is 2. The summed E-state index contributed by atoms with van der Waals surface area (Å²) < 4.78 is 4.63. The third-order valence-corrected chi connectivity index (χ3v) is 7.16. The Morgan fingerprint density at radius 2 is 1.71 bits per heavy atom. The number of aryl methyl sites for hydroxylation is 2. The van der Waals surface area contributed by atoms with Crippen LogP contribution in [0, 0.1) is 5.92 Å². The van der Waals surface area contributed by atoms with Gasteiger partial charge >= 0.3 is 5.69 Å². The van der Waals surface area contributed by atoms with Gasteiger partial charge in [0.25, 0.3) is 5.56 Å². The van der Waals surface area contributed by atoms with Crippen molar-refractivity contribution in [3.05, 3.63) is 84.5 Å². The van der Waals surface area contributed by atoms with Crippen LogP contribution in [-0.4, -0.2) is 25.2 Å². The molecule has 0 N–H and O–H groups in total. The van der Waals surface area contributed by atoms with E-state index in [2.05, 4.69) is 43.0 Å². The fraction of sp³-hybridized carbons (Fsp3) is 0.320. The van der Waals surface area contributed by atoms with Gasteiger partial charge < -0.3 is 9.47 Å². The van der Waals surface area contributed by atoms with Crippen molar-refractivity contribution in [2.75, 3.05) is 11.4 Å². The Bertz CT molecular complexity index is 1520. The summed E-state index contributed by atoms with van der Waals surface area (Å²) in [6.07, 6.45) is 0.968. The van der Waals surface area contributed by atoms with E-state index in [1.807, 2.05) is 4.57 Å². The zero-order chi connectivity index (χ0) is 24.1. The molecule has 0 fully saturated rings. The molecule has 0 saturated carbocycles. The van der Waals surface area contributed by atoms with Crippen molar-refractivity contribution in [2.45, 2.75) is 33.4 Å². The summed E-state index contributed by atoms with van der Waals surface area (Å²) in [6, 6.07) is 13.5. The van der Waals surface area contributed by atoms with Gasteiger partial charge in [0.2, 0.25) is 5.95 Å². The predicted octanol–water partition coefficient (Wildman–Crippen LogP) is 4.60. The molecule has 1 aliphatic heterocycles. The highest BCUT2D eigenvalue weighted by molar-refractivity contribution is 6.42. The first kappa shape index (κ1) is 22.7. The Hall–Kier alpha value is -3.03. The lowest BCUT2D eigenvalue weighted by Gasteiger charge is -2.33. The van der Waals surface area contributed by atoms with E-state index in [0.29, 0.717) is 33.7 Å². The molecule has 1 atom stereocenters. The van der Waals surface area contributed by atoms with Crippen LogP contribution in [0.5, 0.6) is 0 Å². The zero-order valence-electron chi connectivity index (χ0n) is 19.3. The Kier molecular flexibility index (Phi) is 5.78. The second kappa shape index (κ2) is 8.64. The number of benzene rings is 2. The number of hydrogen-bond donors (Lipinski definition) is 0. The highest BCUT2D eigenvalue weighted by Crippen LogP contribution is 2.33. The molecule has 3 heterocycles. The number of fused-ring (bicyclic) bond motifs is 3. The number of aromatic nitrogens is 4. The van der Waals surface area contributed by atoms with E-state index >= 15 is 0 Å². The SMILES string of the molecule is CCc1ccc(N2CC(C)Cn3c2nc2c3c(=O)n(Cc3ccc(Cl)c(Cl)c3)c(=O)n2C)cc1. The van der Waals surface area contributed by atoms with Crippen LogP contribution >= 0.6 is 23.2 Å². The van der Waals surface area contributed by atoms with Crippen LogP contribution < -0.4 is 16.1 Å². The number of hydrogen-bond acceptors (Lipinski definition) is 4. The summed E-state index contributed by atoms with van der Waals surface area (Å²) in [4.78, 5) is 33.7. The molecule has 0 bridgehead atoms. The zero-order valence-corrected chi connectivity index (χ0v) is 20.8. The lowest BCUT2D eigenvalue weighted by molar-refractivity contribution is 0.458. The summed E-state index contributed by atoms with van der Waals surface area (Å²) in [7, 11) is 1.65. The minimum atomic E-state index is -0.425. The monoisotopic (exact) mass is 497 g/mol. The van der Waals surface area contributed by atoms with Crippen molar-refractivity contribution in [1.29, 1.82) is 0 Å². The Morgan fingerprint density at radius 3 is 2.38 bits per heavy atom. The molecule has 176 valence electrons. The van der Waals surface area contributed by atoms with Gasteiger partial charge in [-0.3, -0.25) is 13.9 Å². The van der Waals surface area contributed by atoms with E-state index in [0.717, 1.165) is 24.2 Å². The van der Waals surface area contributed by atoms with Crippen LogP contribution in [0.15, 0.2) is 52.1 Å². The first-order valence-electron chi connectivity index (χ1n) is 11.3. The molecule has 2 aromatic heterocycles. The summed E-state index contributed by atoms with van der Waals surface area (Å²) in [5.41, 5.74) is 3.02. The van der Waals surface area contributed by atoms with Crippen molar-refractivity contribution >= 4 is 46.0 Å². The average Bonchev–Trinajstić information content (AvgIpc) is 3.22. The number of nitrogens with zero attached hydrogens (tertiary/aromatic N) is 5. The Balaban J connectivity index is 1.68. The molecule has 0 spiro atoms. The molecule has 0 aliphatic carbocycles. The molecule has 1 unspecified atom stereocenters. The van der Waals surface area contributed by atoms with Gasteiger partial charge in [-0.15, -0.1) is 0 Å². The highest BCUT2D eigenvalue weighted by atomic mass is 35.5. The summed E-state index contributed by atoms with van der Waals surface area (Å²) in [6.45, 7) is 5.80. The van der Waals surface area contributed by atoms with Crippen molar-refractivity contribution in [3.63, 3.8) is 0 Å². The Labute approximate surface area is 206 Å². The van der Waals surface area contributed by atoms with Gasteiger partial charge in [0.15, 0.2) is 11.2 Å². The minimum absolute atomic E-state index is 0.0938. The lowest BCUT2D eigenvalue weighted by Crippen LogP contribution is -2.40. The predicted molar refractivity (Wildman–Crippen MR) is 137 cm³/mol. The number of imidazole rings is 1. The molecule has 4 aromatic rings. The number of anilines is 2. The van der Waals surface area contributed by atoms with Crippen LogP contribution in [0.2, 0.25) is 10.0 Å². The molecule has 0 amide bonds. The van der Waals surface area contributed by atoms with Crippen LogP contribution in [0.25, 0.3) is 11.2 Å². The summed E-state index contributed by atoms with van der Waals surface area (Å²) >= 11 is 12.2. The molecular formula is C25H25Cl2N5O2. The summed E-state index contributed by atoms with van der Waals surface area (Å²) in [5, 5.41) is 0.803. The topological polar surface area (TPSA) is 65.1 Å². The molecule has 1 aliphatic rings. The molecular weight excluding hydrogens is 473 g/mol. The first-order valence-corrected chi connectivity index (χ1v) is 12.0. The molecule has 7 nitrogen and oxygen atoms in total. The van der Waals surface area contributed by atoms with Crippen LogP contribution in [0.4, 0.5) is 11.6 Å². The van der Waals surface area contributed by atoms with E-state index < -0.39 is 5.69 Å². The lowest BCUT2D eigenvalue weighted by atomic mass is 10.1. The van der Waals surface area contributed by atoms with E-state index in [-0.39, 0.29) is 18.0 Å². The molecule has 0 radical (unpaired) electrons. The highest BCUT2D eigenvalue weighted by Gasteiger charge is 2.29. The van der Waals surface area contributed by atoms with Crippen LogP contribution in [0.1, 0.15) is 25.0 Å². The fourth-order valence-corrected chi connectivity index (χ4v) is 4.91. The van der Waals surface area contributed by atoms with E-state index in [4.69, 9.17) is 28.2 Å². The molecule has 0 saturated heterocycles. The first-order chi connectivity index (χ1) is 16.3. The molecule has 2 aromatic carbocycles. The largest absolute Gasteiger partial charge is 0.332 e. The van der Waals surface area contributed by atoms with Crippen LogP contribution in [-0.2, 0) is 26.6 Å². The maximum absolute atomic E-state index is 13.6. The van der Waals surface area contributed by atoms with Crippen molar-refractivity contribution < 1.29 is 0 Å². The van der Waals surface area contributed by atoms with Gasteiger partial charge in [0.05, 0.1) is 16.6 Å². The van der Waals surface area contributed by atoms with E-state index in [1.165, 1.54) is 14.7 Å². The van der Waals surface area contributed by atoms with Gasteiger partial charge in [-0.2, -0.15) is 4.98 Å². The fourth-order valence-electron chi connectivity index (χ4n) is 4.59. The summed E-state index contributed by atoms with van der Waals surface area (Å²) in [5.74, 6) is 0.965. The molecule has 9 heteroatoms. The van der Waals surface area contributed by atoms with Gasteiger partial charge in [0.1, 0.15) is 0 Å². The normalized spacial score (nSPS) is 15.7. The maximum atomic E-state index is 13.6. The van der Waals surface area contributed by atoms with Crippen LogP contribution in [0.3, 0.4) is 0 Å². The van der Waals surface area contributed by atoms with Crippen molar-refractivity contribution in [2.24, 2.45) is 13.0 Å². The standard InChI is InChI=1S/C25H25Cl2N5O2/c1-4-16-5-8-18(9-6-16)30-12-15(2)13-31-21-22(28-24(30)31)29(3)25(34)32(23(21)33)14-17-7-10-19(26)20(27)11-17/h5-11,15H,4,12-14H2,1-3H3. The van der Waals surface area contributed by atoms with E-state index in [1.54, 1.807) is 25.2 Å². The Morgan fingerprint density at radius 1 is 1.00 bits per heavy atom. The number of rotatable bonds is 4. The van der Waals surface area contributed by atoms with Gasteiger partial charge in [-0.1, -0.05) is 55.2 Å². The second-order valence-corrected chi connectivity index (χ2v) is 9.73. The molecule has 34 heavy (non-hydrogen) atoms. The smallest absolute Gasteiger partial charge is 0.312 e. The third-order valence-electron chi connectivity index (χ3n) is 6.42. The minimum Gasteiger partial charge on any atom is -0.312 e. The molecule has 5 rings (SSSR count). The maximum Gasteiger partial charge on any atom is 0.332 e. The average molecular weight is 498 g/mol. The van der Waals surface area contributed by atoms with Gasteiger partial charge in [0, 0.05) is 25.8 Å². The van der Waals surface area contributed by atoms with Gasteiger partial charge in [-0.25, -0.2) is 4.79 Å². The van der Waals surface area contributed by atoms with Crippen molar-refractivity contribution in [3.8, 4) is 0 Å². The third kappa shape index (κ3) is 3.73. The van der Waals surface area contributed by atoms with Crippen molar-refractivity contribution in [1.82, 2.24) is 18.7 Å². The van der Waals surface area contributed by atoms with Gasteiger partial charge in [-0.05, 0) is 47.7 Å². The quantitative estimate of drug-likeness (QED) is 0.413. The second-order valence-electron chi connectivity index (χ2n) is 8.91.